The van der Waals surface area contributed by atoms with E-state index in [2.05, 4.69) is 5.32 Å². The summed E-state index contributed by atoms with van der Waals surface area (Å²) >= 11 is 7.62. The first-order valence-corrected chi connectivity index (χ1v) is 9.59. The minimum atomic E-state index is -0.371. The monoisotopic (exact) mass is 374 g/mol. The molecule has 0 aliphatic carbocycles. The molecule has 1 saturated heterocycles. The van der Waals surface area contributed by atoms with Crippen molar-refractivity contribution in [3.63, 3.8) is 0 Å². The van der Waals surface area contributed by atoms with Crippen LogP contribution in [0.4, 0.5) is 11.4 Å². The smallest absolute Gasteiger partial charge is 0.229 e. The summed E-state index contributed by atoms with van der Waals surface area (Å²) in [5.41, 5.74) is 2.46. The number of benzene rings is 2. The predicted molar refractivity (Wildman–Crippen MR) is 104 cm³/mol. The van der Waals surface area contributed by atoms with Crippen LogP contribution in [0.1, 0.15) is 12.0 Å². The quantitative estimate of drug-likeness (QED) is 0.809. The topological polar surface area (TPSA) is 49.4 Å². The van der Waals surface area contributed by atoms with Gasteiger partial charge in [-0.15, -0.1) is 11.8 Å². The van der Waals surface area contributed by atoms with Gasteiger partial charge in [-0.05, 0) is 49.1 Å². The van der Waals surface area contributed by atoms with E-state index in [1.807, 2.05) is 43.5 Å². The summed E-state index contributed by atoms with van der Waals surface area (Å²) in [4.78, 5) is 27.7. The fourth-order valence-electron chi connectivity index (χ4n) is 2.87. The zero-order valence-corrected chi connectivity index (χ0v) is 15.7. The molecular weight excluding hydrogens is 356 g/mol. The highest BCUT2D eigenvalue weighted by Crippen LogP contribution is 2.29. The van der Waals surface area contributed by atoms with Gasteiger partial charge in [0.25, 0.3) is 0 Å². The fourth-order valence-corrected chi connectivity index (χ4v) is 3.50. The highest BCUT2D eigenvalue weighted by Gasteiger charge is 2.35. The van der Waals surface area contributed by atoms with E-state index in [9.17, 15) is 9.59 Å². The van der Waals surface area contributed by atoms with Crippen molar-refractivity contribution in [2.75, 3.05) is 23.0 Å². The molecule has 0 radical (unpaired) electrons. The number of carbonyl (C=O) groups excluding carboxylic acids is 2. The molecule has 25 heavy (non-hydrogen) atoms. The number of hydrogen-bond donors (Lipinski definition) is 1. The molecule has 1 fully saturated rings. The first-order valence-electron chi connectivity index (χ1n) is 7.99. The maximum atomic E-state index is 12.6. The average molecular weight is 375 g/mol. The van der Waals surface area contributed by atoms with E-state index >= 15 is 0 Å². The summed E-state index contributed by atoms with van der Waals surface area (Å²) in [5, 5.41) is 3.47. The number of nitrogens with one attached hydrogen (secondary N) is 1. The Kier molecular flexibility index (Phi) is 5.35. The molecule has 2 aromatic rings. The number of amides is 2. The Bertz CT molecular complexity index is 825. The first kappa shape index (κ1) is 17.8. The lowest BCUT2D eigenvalue weighted by Crippen LogP contribution is -2.28. The summed E-state index contributed by atoms with van der Waals surface area (Å²) in [6.45, 7) is 2.30. The van der Waals surface area contributed by atoms with Crippen LogP contribution >= 0.6 is 23.4 Å². The number of carbonyl (C=O) groups is 2. The number of hydrogen-bond acceptors (Lipinski definition) is 3. The Hall–Kier alpha value is -1.98. The third-order valence-electron chi connectivity index (χ3n) is 4.32. The number of thioether (sulfide) groups is 1. The Morgan fingerprint density at radius 1 is 1.28 bits per heavy atom. The van der Waals surface area contributed by atoms with Gasteiger partial charge in [0, 0.05) is 34.3 Å². The molecule has 0 bridgehead atoms. The van der Waals surface area contributed by atoms with Gasteiger partial charge >= 0.3 is 0 Å². The molecule has 1 aliphatic rings. The van der Waals surface area contributed by atoms with Crippen molar-refractivity contribution in [2.24, 2.45) is 5.92 Å². The highest BCUT2D eigenvalue weighted by molar-refractivity contribution is 7.98. The van der Waals surface area contributed by atoms with Crippen molar-refractivity contribution in [3.8, 4) is 0 Å². The number of halogens is 1. The second kappa shape index (κ2) is 7.50. The van der Waals surface area contributed by atoms with Crippen molar-refractivity contribution < 1.29 is 9.59 Å². The van der Waals surface area contributed by atoms with E-state index < -0.39 is 0 Å². The largest absolute Gasteiger partial charge is 0.325 e. The second-order valence-corrected chi connectivity index (χ2v) is 7.37. The maximum absolute atomic E-state index is 12.6. The van der Waals surface area contributed by atoms with Gasteiger partial charge in [-0.25, -0.2) is 0 Å². The summed E-state index contributed by atoms with van der Waals surface area (Å²) in [6, 6.07) is 13.2. The van der Waals surface area contributed by atoms with Gasteiger partial charge in [-0.1, -0.05) is 23.7 Å². The van der Waals surface area contributed by atoms with Crippen LogP contribution in [0.15, 0.2) is 47.4 Å². The van der Waals surface area contributed by atoms with E-state index in [-0.39, 0.29) is 24.2 Å². The van der Waals surface area contributed by atoms with Crippen LogP contribution in [0.2, 0.25) is 5.02 Å². The van der Waals surface area contributed by atoms with Gasteiger partial charge in [-0.3, -0.25) is 9.59 Å². The highest BCUT2D eigenvalue weighted by atomic mass is 35.5. The minimum Gasteiger partial charge on any atom is -0.325 e. The van der Waals surface area contributed by atoms with Crippen molar-refractivity contribution in [3.05, 3.63) is 53.1 Å². The normalized spacial score (nSPS) is 17.0. The molecule has 6 heteroatoms. The number of aryl methyl sites for hydroxylation is 1. The third kappa shape index (κ3) is 3.99. The molecule has 2 aromatic carbocycles. The lowest BCUT2D eigenvalue weighted by Gasteiger charge is -2.17. The van der Waals surface area contributed by atoms with Crippen LogP contribution in [0.5, 0.6) is 0 Å². The van der Waals surface area contributed by atoms with Gasteiger partial charge in [0.15, 0.2) is 0 Å². The molecule has 0 unspecified atom stereocenters. The SMILES string of the molecule is CSc1cccc(N2C[C@H](C(=O)Nc3cc(Cl)ccc3C)CC2=O)c1. The summed E-state index contributed by atoms with van der Waals surface area (Å²) in [7, 11) is 0. The maximum Gasteiger partial charge on any atom is 0.229 e. The summed E-state index contributed by atoms with van der Waals surface area (Å²) < 4.78 is 0. The van der Waals surface area contributed by atoms with Crippen LogP contribution in [-0.2, 0) is 9.59 Å². The van der Waals surface area contributed by atoms with Crippen molar-refractivity contribution in [2.45, 2.75) is 18.2 Å². The number of anilines is 2. The summed E-state index contributed by atoms with van der Waals surface area (Å²) in [5.74, 6) is -0.549. The molecule has 0 saturated carbocycles. The third-order valence-corrected chi connectivity index (χ3v) is 5.28. The zero-order valence-electron chi connectivity index (χ0n) is 14.1. The molecule has 0 spiro atoms. The Balaban J connectivity index is 1.73. The lowest BCUT2D eigenvalue weighted by molar-refractivity contribution is -0.122. The first-order chi connectivity index (χ1) is 12.0. The van der Waals surface area contributed by atoms with Crippen LogP contribution < -0.4 is 10.2 Å². The fraction of sp³-hybridized carbons (Fsp3) is 0.263. The van der Waals surface area contributed by atoms with Gasteiger partial charge in [0.2, 0.25) is 11.8 Å². The van der Waals surface area contributed by atoms with Gasteiger partial charge in [0.05, 0.1) is 5.92 Å². The van der Waals surface area contributed by atoms with Gasteiger partial charge in [-0.2, -0.15) is 0 Å². The molecule has 130 valence electrons. The van der Waals surface area contributed by atoms with Crippen LogP contribution in [-0.4, -0.2) is 24.6 Å². The minimum absolute atomic E-state index is 0.0266. The number of rotatable bonds is 4. The van der Waals surface area contributed by atoms with Gasteiger partial charge < -0.3 is 10.2 Å². The van der Waals surface area contributed by atoms with E-state index in [4.69, 9.17) is 11.6 Å². The predicted octanol–water partition coefficient (Wildman–Crippen LogP) is 4.36. The summed E-state index contributed by atoms with van der Waals surface area (Å²) in [6.07, 6.45) is 2.21. The standard InChI is InChI=1S/C19H19ClN2O2S/c1-12-6-7-14(20)9-17(12)21-19(24)13-8-18(23)22(11-13)15-4-3-5-16(10-15)25-2/h3-7,9-10,13H,8,11H2,1-2H3,(H,21,24)/t13-/m1/s1. The average Bonchev–Trinajstić information content (AvgIpc) is 3.00. The molecule has 1 aliphatic heterocycles. The lowest BCUT2D eigenvalue weighted by atomic mass is 10.1. The van der Waals surface area contributed by atoms with Crippen molar-refractivity contribution in [1.82, 2.24) is 0 Å². The van der Waals surface area contributed by atoms with Crippen LogP contribution in [0.3, 0.4) is 0 Å². The van der Waals surface area contributed by atoms with Gasteiger partial charge in [0.1, 0.15) is 0 Å². The molecule has 2 amide bonds. The molecule has 1 atom stereocenters. The van der Waals surface area contributed by atoms with Crippen molar-refractivity contribution in [1.29, 1.82) is 0 Å². The Morgan fingerprint density at radius 3 is 2.84 bits per heavy atom. The zero-order chi connectivity index (χ0) is 18.0. The molecule has 0 aromatic heterocycles. The van der Waals surface area contributed by atoms with Crippen LogP contribution in [0.25, 0.3) is 0 Å². The molecule has 1 heterocycles. The Labute approximate surface area is 156 Å². The van der Waals surface area contributed by atoms with Crippen molar-refractivity contribution >= 4 is 46.6 Å². The second-order valence-electron chi connectivity index (χ2n) is 6.06. The Morgan fingerprint density at radius 2 is 2.08 bits per heavy atom. The molecule has 4 nitrogen and oxygen atoms in total. The van der Waals surface area contributed by atoms with E-state index in [0.717, 1.165) is 16.1 Å². The molecule has 3 rings (SSSR count). The van der Waals surface area contributed by atoms with E-state index in [0.29, 0.717) is 17.3 Å². The van der Waals surface area contributed by atoms with Crippen LogP contribution in [0, 0.1) is 12.8 Å². The van der Waals surface area contributed by atoms with E-state index in [1.165, 1.54) is 0 Å². The molecular formula is C19H19ClN2O2S. The van der Waals surface area contributed by atoms with E-state index in [1.54, 1.807) is 28.8 Å². The number of nitrogens with zero attached hydrogens (tertiary/aromatic N) is 1. The molecule has 1 N–H and O–H groups in total.